The van der Waals surface area contributed by atoms with Crippen molar-refractivity contribution in [3.8, 4) is 6.07 Å². The van der Waals surface area contributed by atoms with Crippen LogP contribution in [0.2, 0.25) is 0 Å². The van der Waals surface area contributed by atoms with Crippen molar-refractivity contribution in [2.24, 2.45) is 0 Å². The lowest BCUT2D eigenvalue weighted by Gasteiger charge is -2.16. The van der Waals surface area contributed by atoms with E-state index in [1.807, 2.05) is 6.07 Å². The van der Waals surface area contributed by atoms with Crippen LogP contribution in [0.4, 0.5) is 30.6 Å². The number of benzene rings is 1. The lowest BCUT2D eigenvalue weighted by Crippen LogP contribution is -2.32. The molecule has 1 atom stereocenters. The van der Waals surface area contributed by atoms with Gasteiger partial charge in [0.15, 0.2) is 11.6 Å². The number of anilines is 3. The van der Waals surface area contributed by atoms with E-state index in [4.69, 9.17) is 22.2 Å². The van der Waals surface area contributed by atoms with Crippen molar-refractivity contribution in [3.63, 3.8) is 0 Å². The van der Waals surface area contributed by atoms with E-state index in [0.29, 0.717) is 4.99 Å². The molecule has 0 spiro atoms. The molecular weight excluding hydrogens is 414 g/mol. The van der Waals surface area contributed by atoms with Crippen molar-refractivity contribution in [1.29, 1.82) is 5.26 Å². The summed E-state index contributed by atoms with van der Waals surface area (Å²) in [5.41, 5.74) is -1.17. The van der Waals surface area contributed by atoms with E-state index < -0.39 is 34.9 Å². The average Bonchev–Trinajstić information content (AvgIpc) is 2.97. The van der Waals surface area contributed by atoms with Crippen LogP contribution in [0.15, 0.2) is 41.2 Å². The molecule has 10 heteroatoms. The van der Waals surface area contributed by atoms with Crippen LogP contribution in [0.25, 0.3) is 0 Å². The fraction of sp³-hybridized carbons (Fsp3) is 0.200. The number of hydrogen-bond donors (Lipinski definition) is 2. The fourth-order valence-electron chi connectivity index (χ4n) is 2.84. The maximum absolute atomic E-state index is 14.7. The number of nitrogens with one attached hydrogen (secondary N) is 2. The Labute approximate surface area is 175 Å². The van der Waals surface area contributed by atoms with Crippen LogP contribution in [0.5, 0.6) is 0 Å². The van der Waals surface area contributed by atoms with E-state index in [1.165, 1.54) is 24.3 Å². The van der Waals surface area contributed by atoms with Crippen LogP contribution >= 0.6 is 12.2 Å². The standard InChI is InChI=1S/C20H16F2N4O3S/c1-11(30)24-9-14-10-26(20(28)29-14)13-6-15(21)19(16(22)7-13)25-17-5-12(8-23)3-2-4-18(17)27/h2-7,14H,9-10H2,1H3,(H,24,30)(H,25,27)/t14-/m0/s1. The van der Waals surface area contributed by atoms with Crippen molar-refractivity contribution in [3.05, 3.63) is 63.8 Å². The third-order valence-electron chi connectivity index (χ3n) is 4.27. The molecular formula is C20H16F2N4O3S. The maximum atomic E-state index is 14.7. The van der Waals surface area contributed by atoms with Gasteiger partial charge in [-0.15, -0.1) is 0 Å². The molecule has 2 N–H and O–H groups in total. The molecule has 1 heterocycles. The van der Waals surface area contributed by atoms with Crippen LogP contribution in [0.1, 0.15) is 12.5 Å². The first-order chi connectivity index (χ1) is 14.3. The Hall–Kier alpha value is -3.58. The molecule has 3 rings (SSSR count). The van der Waals surface area contributed by atoms with Gasteiger partial charge in [0.25, 0.3) is 0 Å². The Balaban J connectivity index is 1.86. The van der Waals surface area contributed by atoms with E-state index in [2.05, 4.69) is 10.6 Å². The molecule has 0 radical (unpaired) electrons. The number of carbonyl (C=O) groups is 1. The topological polar surface area (TPSA) is 94.5 Å². The second kappa shape index (κ2) is 8.84. The first kappa shape index (κ1) is 21.1. The highest BCUT2D eigenvalue weighted by Crippen LogP contribution is 2.30. The number of halogens is 2. The van der Waals surface area contributed by atoms with Crippen molar-refractivity contribution < 1.29 is 18.3 Å². The Morgan fingerprint density at radius 2 is 2.00 bits per heavy atom. The van der Waals surface area contributed by atoms with Gasteiger partial charge in [-0.05, 0) is 25.1 Å². The third-order valence-corrected chi connectivity index (χ3v) is 4.41. The highest BCUT2D eigenvalue weighted by Gasteiger charge is 2.33. The molecule has 154 valence electrons. The minimum atomic E-state index is -1.02. The first-order valence-corrected chi connectivity index (χ1v) is 9.22. The predicted octanol–water partition coefficient (Wildman–Crippen LogP) is 3.20. The summed E-state index contributed by atoms with van der Waals surface area (Å²) in [6.07, 6.45) is -1.27. The van der Waals surface area contributed by atoms with Crippen LogP contribution in [0, 0.1) is 23.0 Å². The van der Waals surface area contributed by atoms with Crippen molar-refractivity contribution in [1.82, 2.24) is 5.32 Å². The van der Waals surface area contributed by atoms with Gasteiger partial charge >= 0.3 is 6.09 Å². The van der Waals surface area contributed by atoms with E-state index >= 15 is 0 Å². The highest BCUT2D eigenvalue weighted by atomic mass is 32.1. The molecule has 2 aromatic carbocycles. The molecule has 0 bridgehead atoms. The Kier molecular flexibility index (Phi) is 6.23. The quantitative estimate of drug-likeness (QED) is 0.704. The summed E-state index contributed by atoms with van der Waals surface area (Å²) in [5, 5.41) is 14.3. The van der Waals surface area contributed by atoms with Gasteiger partial charge in [0.05, 0.1) is 41.1 Å². The molecule has 2 aromatic rings. The number of nitrogens with zero attached hydrogens (tertiary/aromatic N) is 2. The van der Waals surface area contributed by atoms with Gasteiger partial charge in [-0.1, -0.05) is 18.3 Å². The highest BCUT2D eigenvalue weighted by molar-refractivity contribution is 7.80. The smallest absolute Gasteiger partial charge is 0.414 e. The molecule has 1 fully saturated rings. The number of nitriles is 1. The van der Waals surface area contributed by atoms with Gasteiger partial charge in [0.1, 0.15) is 11.8 Å². The van der Waals surface area contributed by atoms with Crippen LogP contribution in [-0.4, -0.2) is 30.3 Å². The van der Waals surface area contributed by atoms with Crippen LogP contribution in [0.3, 0.4) is 0 Å². The minimum Gasteiger partial charge on any atom is -0.442 e. The van der Waals surface area contributed by atoms with Crippen LogP contribution < -0.4 is 21.0 Å². The Morgan fingerprint density at radius 1 is 1.30 bits per heavy atom. The number of ether oxygens (including phenoxy) is 1. The fourth-order valence-corrected chi connectivity index (χ4v) is 2.92. The van der Waals surface area contributed by atoms with E-state index in [9.17, 15) is 18.4 Å². The molecule has 7 nitrogen and oxygen atoms in total. The summed E-state index contributed by atoms with van der Waals surface area (Å²) in [4.78, 5) is 25.8. The Morgan fingerprint density at radius 3 is 2.63 bits per heavy atom. The maximum Gasteiger partial charge on any atom is 0.414 e. The molecule has 1 aliphatic rings. The number of thiocarbonyl (C=S) groups is 1. The number of amides is 1. The summed E-state index contributed by atoms with van der Waals surface area (Å²) in [6.45, 7) is 2.05. The van der Waals surface area contributed by atoms with E-state index in [0.717, 1.165) is 17.0 Å². The SMILES string of the molecule is CC(=S)NC[C@H]1CN(c2cc(F)c(Nc3cc(C#N)cccc3=O)c(F)c2)C(=O)O1. The van der Waals surface area contributed by atoms with E-state index in [-0.39, 0.29) is 30.0 Å². The van der Waals surface area contributed by atoms with E-state index in [1.54, 1.807) is 6.92 Å². The predicted molar refractivity (Wildman–Crippen MR) is 111 cm³/mol. The number of cyclic esters (lactones) is 1. The number of hydrogen-bond acceptors (Lipinski definition) is 6. The molecule has 30 heavy (non-hydrogen) atoms. The zero-order chi connectivity index (χ0) is 21.8. The zero-order valence-corrected chi connectivity index (χ0v) is 16.6. The number of rotatable bonds is 5. The largest absolute Gasteiger partial charge is 0.442 e. The van der Waals surface area contributed by atoms with Crippen molar-refractivity contribution in [2.75, 3.05) is 23.3 Å². The van der Waals surface area contributed by atoms with Gasteiger partial charge in [-0.3, -0.25) is 9.69 Å². The summed E-state index contributed by atoms with van der Waals surface area (Å²) >= 11 is 4.90. The zero-order valence-electron chi connectivity index (χ0n) is 15.7. The summed E-state index contributed by atoms with van der Waals surface area (Å²) in [5.74, 6) is -2.03. The molecule has 0 saturated carbocycles. The molecule has 0 aromatic heterocycles. The normalized spacial score (nSPS) is 15.3. The van der Waals surface area contributed by atoms with Crippen LogP contribution in [-0.2, 0) is 4.74 Å². The minimum absolute atomic E-state index is 0.0270. The molecule has 0 aliphatic carbocycles. The van der Waals surface area contributed by atoms with Gasteiger partial charge in [-0.2, -0.15) is 5.26 Å². The second-order valence-corrected chi connectivity index (χ2v) is 7.09. The number of carbonyl (C=O) groups excluding carboxylic acids is 1. The van der Waals surface area contributed by atoms with Gasteiger partial charge < -0.3 is 15.4 Å². The Bertz CT molecular complexity index is 1100. The molecule has 1 saturated heterocycles. The van der Waals surface area contributed by atoms with Gasteiger partial charge in [0.2, 0.25) is 5.43 Å². The van der Waals surface area contributed by atoms with Crippen molar-refractivity contribution in [2.45, 2.75) is 13.0 Å². The third kappa shape index (κ3) is 4.69. The average molecular weight is 430 g/mol. The monoisotopic (exact) mass is 430 g/mol. The first-order valence-electron chi connectivity index (χ1n) is 8.81. The van der Waals surface area contributed by atoms with Gasteiger partial charge in [-0.25, -0.2) is 13.6 Å². The molecule has 0 unspecified atom stereocenters. The lowest BCUT2D eigenvalue weighted by atomic mass is 10.2. The van der Waals surface area contributed by atoms with Gasteiger partial charge in [0, 0.05) is 12.1 Å². The molecule has 1 aliphatic heterocycles. The summed E-state index contributed by atoms with van der Waals surface area (Å²) < 4.78 is 34.5. The molecule has 1 amide bonds. The second-order valence-electron chi connectivity index (χ2n) is 6.48. The lowest BCUT2D eigenvalue weighted by molar-refractivity contribution is 0.143. The van der Waals surface area contributed by atoms with Crippen molar-refractivity contribution >= 4 is 40.4 Å². The summed E-state index contributed by atoms with van der Waals surface area (Å²) in [6, 6.07) is 8.93. The summed E-state index contributed by atoms with van der Waals surface area (Å²) in [7, 11) is 0.